The van der Waals surface area contributed by atoms with Gasteiger partial charge in [0.15, 0.2) is 0 Å². The Morgan fingerprint density at radius 3 is 2.47 bits per heavy atom. The Balaban J connectivity index is 1.69. The summed E-state index contributed by atoms with van der Waals surface area (Å²) in [4.78, 5) is 14.0. The number of hydrogen-bond acceptors (Lipinski definition) is 6. The molecule has 1 N–H and O–H groups in total. The highest BCUT2D eigenvalue weighted by Crippen LogP contribution is 2.27. The molecule has 0 amide bonds. The van der Waals surface area contributed by atoms with Crippen molar-refractivity contribution >= 4 is 17.4 Å². The summed E-state index contributed by atoms with van der Waals surface area (Å²) in [5.74, 6) is 1.79. The summed E-state index contributed by atoms with van der Waals surface area (Å²) in [5.41, 5.74) is 3.22. The lowest BCUT2D eigenvalue weighted by Gasteiger charge is -2.37. The van der Waals surface area contributed by atoms with E-state index >= 15 is 0 Å². The van der Waals surface area contributed by atoms with Crippen LogP contribution < -0.4 is 4.90 Å². The molecule has 0 aliphatic carbocycles. The van der Waals surface area contributed by atoms with Crippen molar-refractivity contribution in [1.82, 2.24) is 14.9 Å². The van der Waals surface area contributed by atoms with E-state index < -0.39 is 6.10 Å². The molecule has 0 bridgehead atoms. The molecule has 0 radical (unpaired) electrons. The molecule has 2 heterocycles. The second-order valence-corrected chi connectivity index (χ2v) is 8.66. The highest BCUT2D eigenvalue weighted by Gasteiger charge is 2.24. The molecule has 6 nitrogen and oxygen atoms in total. The summed E-state index contributed by atoms with van der Waals surface area (Å²) in [6, 6.07) is 7.95. The average Bonchev–Trinajstić information content (AvgIpc) is 2.70. The van der Waals surface area contributed by atoms with Crippen LogP contribution in [-0.4, -0.2) is 71.5 Å². The van der Waals surface area contributed by atoms with Crippen LogP contribution in [0.3, 0.4) is 0 Å². The third-order valence-corrected chi connectivity index (χ3v) is 5.76. The van der Waals surface area contributed by atoms with Crippen LogP contribution in [-0.2, 0) is 11.2 Å². The number of hydrogen-bond donors (Lipinski definition) is 1. The van der Waals surface area contributed by atoms with Gasteiger partial charge in [0.2, 0.25) is 0 Å². The zero-order chi connectivity index (χ0) is 21.7. The van der Waals surface area contributed by atoms with E-state index in [4.69, 9.17) is 21.3 Å². The number of rotatable bonds is 8. The molecular formula is C23H33ClN4O2. The minimum Gasteiger partial charge on any atom is -0.389 e. The van der Waals surface area contributed by atoms with Crippen molar-refractivity contribution in [2.45, 2.75) is 46.3 Å². The SMILES string of the molecule is Cc1nc(C)c(Cc2ccccc2Cl)c(N2CCN(CC(O)COC(C)C)CC2)n1. The van der Waals surface area contributed by atoms with Gasteiger partial charge in [-0.15, -0.1) is 0 Å². The molecule has 3 rings (SSSR count). The molecule has 0 saturated carbocycles. The Kier molecular flexibility index (Phi) is 8.06. The first-order chi connectivity index (χ1) is 14.3. The molecule has 1 saturated heterocycles. The quantitative estimate of drug-likeness (QED) is 0.690. The lowest BCUT2D eigenvalue weighted by atomic mass is 10.0. The number of halogens is 1. The monoisotopic (exact) mass is 432 g/mol. The van der Waals surface area contributed by atoms with Crippen molar-refractivity contribution in [3.8, 4) is 0 Å². The molecule has 1 aromatic carbocycles. The second kappa shape index (κ2) is 10.5. The fourth-order valence-corrected chi connectivity index (χ4v) is 4.02. The summed E-state index contributed by atoms with van der Waals surface area (Å²) >= 11 is 6.41. The summed E-state index contributed by atoms with van der Waals surface area (Å²) in [5, 5.41) is 11.0. The number of aliphatic hydroxyl groups is 1. The number of anilines is 1. The average molecular weight is 433 g/mol. The molecule has 7 heteroatoms. The number of aryl methyl sites for hydroxylation is 2. The number of β-amino-alcohol motifs (C(OH)–C–C–N with tert-alkyl or cyclic N) is 1. The molecule has 1 atom stereocenters. The van der Waals surface area contributed by atoms with Crippen LogP contribution in [0.4, 0.5) is 5.82 Å². The van der Waals surface area contributed by atoms with Gasteiger partial charge in [-0.05, 0) is 39.3 Å². The molecule has 1 aliphatic rings. The van der Waals surface area contributed by atoms with Crippen LogP contribution in [0.2, 0.25) is 5.02 Å². The Morgan fingerprint density at radius 1 is 1.10 bits per heavy atom. The minimum absolute atomic E-state index is 0.136. The van der Waals surface area contributed by atoms with E-state index in [-0.39, 0.29) is 6.10 Å². The van der Waals surface area contributed by atoms with E-state index in [1.807, 2.05) is 45.9 Å². The van der Waals surface area contributed by atoms with E-state index in [2.05, 4.69) is 20.9 Å². The predicted molar refractivity (Wildman–Crippen MR) is 122 cm³/mol. The van der Waals surface area contributed by atoms with Gasteiger partial charge in [-0.25, -0.2) is 9.97 Å². The van der Waals surface area contributed by atoms with Gasteiger partial charge < -0.3 is 14.7 Å². The van der Waals surface area contributed by atoms with Gasteiger partial charge in [0.05, 0.1) is 18.8 Å². The van der Waals surface area contributed by atoms with Gasteiger partial charge in [-0.2, -0.15) is 0 Å². The lowest BCUT2D eigenvalue weighted by Crippen LogP contribution is -2.49. The summed E-state index contributed by atoms with van der Waals surface area (Å²) in [6.45, 7) is 12.5. The van der Waals surface area contributed by atoms with Crippen molar-refractivity contribution < 1.29 is 9.84 Å². The number of aliphatic hydroxyl groups excluding tert-OH is 1. The van der Waals surface area contributed by atoms with E-state index in [0.717, 1.165) is 59.7 Å². The van der Waals surface area contributed by atoms with Crippen molar-refractivity contribution in [2.75, 3.05) is 44.2 Å². The van der Waals surface area contributed by atoms with Gasteiger partial charge in [-0.1, -0.05) is 29.8 Å². The summed E-state index contributed by atoms with van der Waals surface area (Å²) < 4.78 is 5.53. The van der Waals surface area contributed by atoms with Gasteiger partial charge in [0.1, 0.15) is 11.6 Å². The molecule has 0 spiro atoms. The molecule has 1 fully saturated rings. The Morgan fingerprint density at radius 2 is 1.80 bits per heavy atom. The fourth-order valence-electron chi connectivity index (χ4n) is 3.82. The molecule has 164 valence electrons. The summed E-state index contributed by atoms with van der Waals surface area (Å²) in [7, 11) is 0. The maximum atomic E-state index is 10.2. The van der Waals surface area contributed by atoms with Gasteiger partial charge in [0.25, 0.3) is 0 Å². The van der Waals surface area contributed by atoms with Crippen LogP contribution in [0.15, 0.2) is 24.3 Å². The molecule has 30 heavy (non-hydrogen) atoms. The topological polar surface area (TPSA) is 61.7 Å². The zero-order valence-electron chi connectivity index (χ0n) is 18.4. The first-order valence-electron chi connectivity index (χ1n) is 10.7. The van der Waals surface area contributed by atoms with E-state index in [1.165, 1.54) is 0 Å². The second-order valence-electron chi connectivity index (χ2n) is 8.25. The van der Waals surface area contributed by atoms with Crippen LogP contribution >= 0.6 is 11.6 Å². The molecule has 1 aliphatic heterocycles. The third kappa shape index (κ3) is 6.14. The molecular weight excluding hydrogens is 400 g/mol. The van der Waals surface area contributed by atoms with Crippen molar-refractivity contribution in [3.63, 3.8) is 0 Å². The first kappa shape index (κ1) is 22.9. The van der Waals surface area contributed by atoms with Crippen molar-refractivity contribution in [1.29, 1.82) is 0 Å². The molecule has 2 aromatic rings. The highest BCUT2D eigenvalue weighted by atomic mass is 35.5. The van der Waals surface area contributed by atoms with Crippen LogP contribution in [0, 0.1) is 13.8 Å². The van der Waals surface area contributed by atoms with E-state index in [0.29, 0.717) is 19.6 Å². The maximum absolute atomic E-state index is 10.2. The number of nitrogens with zero attached hydrogens (tertiary/aromatic N) is 4. The number of benzene rings is 1. The normalized spacial score (nSPS) is 16.3. The summed E-state index contributed by atoms with van der Waals surface area (Å²) in [6.07, 6.45) is 0.391. The predicted octanol–water partition coefficient (Wildman–Crippen LogP) is 3.25. The Hall–Kier alpha value is -1.73. The van der Waals surface area contributed by atoms with E-state index in [9.17, 15) is 5.11 Å². The first-order valence-corrected chi connectivity index (χ1v) is 11.1. The Labute approximate surface area is 184 Å². The third-order valence-electron chi connectivity index (χ3n) is 5.39. The van der Waals surface area contributed by atoms with Crippen LogP contribution in [0.1, 0.15) is 36.5 Å². The fraction of sp³-hybridized carbons (Fsp3) is 0.565. The number of ether oxygens (including phenoxy) is 1. The highest BCUT2D eigenvalue weighted by molar-refractivity contribution is 6.31. The lowest BCUT2D eigenvalue weighted by molar-refractivity contribution is -0.00901. The van der Waals surface area contributed by atoms with Crippen molar-refractivity contribution in [3.05, 3.63) is 51.9 Å². The van der Waals surface area contributed by atoms with E-state index in [1.54, 1.807) is 0 Å². The maximum Gasteiger partial charge on any atom is 0.136 e. The molecule has 1 aromatic heterocycles. The molecule has 1 unspecified atom stereocenters. The van der Waals surface area contributed by atoms with Crippen molar-refractivity contribution in [2.24, 2.45) is 0 Å². The van der Waals surface area contributed by atoms with Gasteiger partial charge >= 0.3 is 0 Å². The standard InChI is InChI=1S/C23H33ClN4O2/c1-16(2)30-15-20(29)14-27-9-11-28(12-10-27)23-21(17(3)25-18(4)26-23)13-19-7-5-6-8-22(19)24/h5-8,16,20,29H,9-15H2,1-4H3. The van der Waals surface area contributed by atoms with Crippen LogP contribution in [0.5, 0.6) is 0 Å². The van der Waals surface area contributed by atoms with Gasteiger partial charge in [0, 0.05) is 55.4 Å². The minimum atomic E-state index is -0.460. The van der Waals surface area contributed by atoms with Gasteiger partial charge in [-0.3, -0.25) is 4.90 Å². The zero-order valence-corrected chi connectivity index (χ0v) is 19.2. The Bertz CT molecular complexity index is 838. The number of aromatic nitrogens is 2. The number of piperazine rings is 1. The smallest absolute Gasteiger partial charge is 0.136 e. The largest absolute Gasteiger partial charge is 0.389 e. The van der Waals surface area contributed by atoms with Crippen LogP contribution in [0.25, 0.3) is 0 Å².